The second-order valence-corrected chi connectivity index (χ2v) is 4.05. The summed E-state index contributed by atoms with van der Waals surface area (Å²) in [5, 5.41) is 13.6. The van der Waals surface area contributed by atoms with E-state index in [-0.39, 0.29) is 6.42 Å². The van der Waals surface area contributed by atoms with Crippen LogP contribution in [-0.2, 0) is 18.3 Å². The number of carboxylic acid groups (broad SMARTS) is 1. The Labute approximate surface area is 88.4 Å². The smallest absolute Gasteiger partial charge is 0.309 e. The molecule has 0 atom stereocenters. The Bertz CT molecular complexity index is 337. The molecule has 0 spiro atoms. The predicted molar refractivity (Wildman–Crippen MR) is 54.0 cm³/mol. The molecule has 0 bridgehead atoms. The Kier molecular flexibility index (Phi) is 3.38. The SMILES string of the molecule is CSc1c(Br)c(CC(=O)O)nn1C. The first-order chi connectivity index (χ1) is 6.06. The van der Waals surface area contributed by atoms with E-state index in [0.717, 1.165) is 9.50 Å². The molecule has 1 N–H and O–H groups in total. The van der Waals surface area contributed by atoms with Gasteiger partial charge in [0, 0.05) is 7.05 Å². The molecule has 0 aromatic carbocycles. The second-order valence-electron chi connectivity index (χ2n) is 2.46. The molecule has 0 aliphatic heterocycles. The molecule has 72 valence electrons. The lowest BCUT2D eigenvalue weighted by atomic mass is 10.3. The number of aromatic nitrogens is 2. The van der Waals surface area contributed by atoms with Gasteiger partial charge in [-0.3, -0.25) is 9.48 Å². The zero-order valence-electron chi connectivity index (χ0n) is 7.24. The van der Waals surface area contributed by atoms with Crippen molar-refractivity contribution in [2.24, 2.45) is 7.05 Å². The Morgan fingerprint density at radius 2 is 2.38 bits per heavy atom. The third-order valence-electron chi connectivity index (χ3n) is 1.52. The van der Waals surface area contributed by atoms with Gasteiger partial charge < -0.3 is 5.11 Å². The van der Waals surface area contributed by atoms with Gasteiger partial charge in [-0.05, 0) is 22.2 Å². The monoisotopic (exact) mass is 264 g/mol. The largest absolute Gasteiger partial charge is 0.481 e. The molecule has 0 saturated heterocycles. The van der Waals surface area contributed by atoms with Crippen LogP contribution in [0.3, 0.4) is 0 Å². The Hall–Kier alpha value is -0.490. The minimum Gasteiger partial charge on any atom is -0.481 e. The normalized spacial score (nSPS) is 10.4. The van der Waals surface area contributed by atoms with Crippen LogP contribution in [0.5, 0.6) is 0 Å². The molecule has 0 amide bonds. The number of rotatable bonds is 3. The second kappa shape index (κ2) is 4.15. The first-order valence-electron chi connectivity index (χ1n) is 3.53. The van der Waals surface area contributed by atoms with E-state index < -0.39 is 5.97 Å². The fourth-order valence-electron chi connectivity index (χ4n) is 1.01. The van der Waals surface area contributed by atoms with Crippen LogP contribution in [0.25, 0.3) is 0 Å². The van der Waals surface area contributed by atoms with Gasteiger partial charge in [0.25, 0.3) is 0 Å². The summed E-state index contributed by atoms with van der Waals surface area (Å²) in [7, 11) is 1.79. The fourth-order valence-corrected chi connectivity index (χ4v) is 2.58. The van der Waals surface area contributed by atoms with Gasteiger partial charge in [-0.1, -0.05) is 0 Å². The minimum absolute atomic E-state index is 0.0466. The van der Waals surface area contributed by atoms with Crippen LogP contribution in [0.4, 0.5) is 0 Å². The molecule has 1 heterocycles. The molecule has 0 radical (unpaired) electrons. The highest BCUT2D eigenvalue weighted by Crippen LogP contribution is 2.28. The molecule has 13 heavy (non-hydrogen) atoms. The topological polar surface area (TPSA) is 55.1 Å². The molecule has 4 nitrogen and oxygen atoms in total. The van der Waals surface area contributed by atoms with Crippen LogP contribution in [0.2, 0.25) is 0 Å². The summed E-state index contributed by atoms with van der Waals surface area (Å²) in [6.07, 6.45) is 1.88. The quantitative estimate of drug-likeness (QED) is 0.842. The van der Waals surface area contributed by atoms with Crippen molar-refractivity contribution in [1.29, 1.82) is 0 Å². The van der Waals surface area contributed by atoms with Gasteiger partial charge >= 0.3 is 5.97 Å². The number of nitrogens with zero attached hydrogens (tertiary/aromatic N) is 2. The summed E-state index contributed by atoms with van der Waals surface area (Å²) in [4.78, 5) is 10.5. The molecule has 0 aliphatic carbocycles. The molecule has 0 aliphatic rings. The molecule has 1 aromatic heterocycles. The highest BCUT2D eigenvalue weighted by molar-refractivity contribution is 9.10. The van der Waals surface area contributed by atoms with E-state index in [2.05, 4.69) is 21.0 Å². The van der Waals surface area contributed by atoms with E-state index >= 15 is 0 Å². The fraction of sp³-hybridized carbons (Fsp3) is 0.429. The van der Waals surface area contributed by atoms with E-state index in [4.69, 9.17) is 5.11 Å². The number of thioether (sulfide) groups is 1. The molecule has 0 fully saturated rings. The number of aliphatic carboxylic acids is 1. The van der Waals surface area contributed by atoms with Crippen molar-refractivity contribution in [2.75, 3.05) is 6.26 Å². The van der Waals surface area contributed by atoms with E-state index in [1.165, 1.54) is 11.8 Å². The molecule has 0 unspecified atom stereocenters. The number of carbonyl (C=O) groups is 1. The van der Waals surface area contributed by atoms with Gasteiger partial charge in [-0.15, -0.1) is 11.8 Å². The van der Waals surface area contributed by atoms with Gasteiger partial charge in [0.15, 0.2) is 0 Å². The van der Waals surface area contributed by atoms with E-state index in [9.17, 15) is 4.79 Å². The summed E-state index contributed by atoms with van der Waals surface area (Å²) >= 11 is 4.85. The van der Waals surface area contributed by atoms with Crippen molar-refractivity contribution in [3.8, 4) is 0 Å². The third-order valence-corrected chi connectivity index (χ3v) is 3.47. The van der Waals surface area contributed by atoms with Gasteiger partial charge in [0.05, 0.1) is 16.6 Å². The number of hydrogen-bond donors (Lipinski definition) is 1. The van der Waals surface area contributed by atoms with Gasteiger partial charge in [0.2, 0.25) is 0 Å². The standard InChI is InChI=1S/C7H9BrN2O2S/c1-10-7(13-2)6(8)4(9-10)3-5(11)12/h3H2,1-2H3,(H,11,12). The van der Waals surface area contributed by atoms with Gasteiger partial charge in [-0.25, -0.2) is 0 Å². The predicted octanol–water partition coefficient (Wildman–Crippen LogP) is 1.53. The molecule has 6 heteroatoms. The summed E-state index contributed by atoms with van der Waals surface area (Å²) in [5.41, 5.74) is 0.569. The van der Waals surface area contributed by atoms with Gasteiger partial charge in [-0.2, -0.15) is 5.10 Å². The van der Waals surface area contributed by atoms with Crippen LogP contribution < -0.4 is 0 Å². The number of aryl methyl sites for hydroxylation is 1. The number of hydrogen-bond acceptors (Lipinski definition) is 3. The zero-order valence-corrected chi connectivity index (χ0v) is 9.65. The third kappa shape index (κ3) is 2.25. The average molecular weight is 265 g/mol. The summed E-state index contributed by atoms with van der Waals surface area (Å²) in [6, 6.07) is 0. The highest BCUT2D eigenvalue weighted by Gasteiger charge is 2.14. The van der Waals surface area contributed by atoms with Crippen LogP contribution in [0, 0.1) is 0 Å². The zero-order chi connectivity index (χ0) is 10.0. The van der Waals surface area contributed by atoms with E-state index in [1.807, 2.05) is 6.26 Å². The summed E-state index contributed by atoms with van der Waals surface area (Å²) < 4.78 is 2.46. The van der Waals surface area contributed by atoms with Crippen molar-refractivity contribution < 1.29 is 9.90 Å². The molecule has 0 saturated carbocycles. The Balaban J connectivity index is 3.03. The number of halogens is 1. The van der Waals surface area contributed by atoms with Crippen LogP contribution in [0.15, 0.2) is 9.50 Å². The number of carboxylic acids is 1. The first-order valence-corrected chi connectivity index (χ1v) is 5.55. The summed E-state index contributed by atoms with van der Waals surface area (Å²) in [5.74, 6) is -0.869. The molecular weight excluding hydrogens is 256 g/mol. The molecular formula is C7H9BrN2O2S. The van der Waals surface area contributed by atoms with Gasteiger partial charge in [0.1, 0.15) is 5.03 Å². The minimum atomic E-state index is -0.869. The summed E-state index contributed by atoms with van der Waals surface area (Å²) in [6.45, 7) is 0. The maximum absolute atomic E-state index is 10.5. The Morgan fingerprint density at radius 3 is 2.77 bits per heavy atom. The van der Waals surface area contributed by atoms with Crippen molar-refractivity contribution in [2.45, 2.75) is 11.4 Å². The molecule has 1 rings (SSSR count). The van der Waals surface area contributed by atoms with Crippen LogP contribution in [0.1, 0.15) is 5.69 Å². The van der Waals surface area contributed by atoms with Crippen molar-refractivity contribution in [3.05, 3.63) is 10.2 Å². The highest BCUT2D eigenvalue weighted by atomic mass is 79.9. The van der Waals surface area contributed by atoms with Crippen molar-refractivity contribution in [1.82, 2.24) is 9.78 Å². The Morgan fingerprint density at radius 1 is 1.77 bits per heavy atom. The van der Waals surface area contributed by atoms with Crippen LogP contribution in [-0.4, -0.2) is 27.1 Å². The van der Waals surface area contributed by atoms with E-state index in [1.54, 1.807) is 11.7 Å². The van der Waals surface area contributed by atoms with E-state index in [0.29, 0.717) is 5.69 Å². The average Bonchev–Trinajstić information content (AvgIpc) is 2.26. The maximum atomic E-state index is 10.5. The lowest BCUT2D eigenvalue weighted by Gasteiger charge is -1.94. The maximum Gasteiger partial charge on any atom is 0.309 e. The van der Waals surface area contributed by atoms with Crippen LogP contribution >= 0.6 is 27.7 Å². The lowest BCUT2D eigenvalue weighted by Crippen LogP contribution is -2.01. The van der Waals surface area contributed by atoms with Crippen molar-refractivity contribution >= 4 is 33.7 Å². The van der Waals surface area contributed by atoms with Crippen molar-refractivity contribution in [3.63, 3.8) is 0 Å². The molecule has 1 aromatic rings. The first kappa shape index (κ1) is 10.6. The lowest BCUT2D eigenvalue weighted by molar-refractivity contribution is -0.136.